The monoisotopic (exact) mass is 231 g/mol. The molecule has 0 aromatic carbocycles. The Hall–Kier alpha value is -1.84. The maximum absolute atomic E-state index is 11.8. The number of nitrogens with zero attached hydrogens (tertiary/aromatic N) is 2. The van der Waals surface area contributed by atoms with Gasteiger partial charge in [-0.25, -0.2) is 4.98 Å². The van der Waals surface area contributed by atoms with Crippen molar-refractivity contribution >= 4 is 11.6 Å². The molecule has 17 heavy (non-hydrogen) atoms. The van der Waals surface area contributed by atoms with E-state index in [4.69, 9.17) is 0 Å². The zero-order valence-corrected chi connectivity index (χ0v) is 10.2. The maximum Gasteiger partial charge on any atom is 0.251 e. The molecule has 90 valence electrons. The second-order valence-electron chi connectivity index (χ2n) is 4.17. The van der Waals surface area contributed by atoms with Crippen LogP contribution in [-0.2, 0) is 0 Å². The van der Waals surface area contributed by atoms with E-state index in [2.05, 4.69) is 17.2 Å². The summed E-state index contributed by atoms with van der Waals surface area (Å²) >= 11 is 0. The number of aromatic nitrogens is 2. The van der Waals surface area contributed by atoms with Crippen LogP contribution >= 0.6 is 0 Å². The van der Waals surface area contributed by atoms with Gasteiger partial charge in [0.1, 0.15) is 5.65 Å². The highest BCUT2D eigenvalue weighted by molar-refractivity contribution is 5.94. The van der Waals surface area contributed by atoms with Gasteiger partial charge in [0.2, 0.25) is 0 Å². The van der Waals surface area contributed by atoms with Crippen molar-refractivity contribution in [3.63, 3.8) is 0 Å². The third kappa shape index (κ3) is 2.64. The SMILES string of the molecule is CCCCNC(=O)c1ccn2cc(C)nc2c1. The number of hydrogen-bond donors (Lipinski definition) is 1. The van der Waals surface area contributed by atoms with E-state index in [1.165, 1.54) is 0 Å². The Morgan fingerprint density at radius 3 is 3.12 bits per heavy atom. The number of fused-ring (bicyclic) bond motifs is 1. The van der Waals surface area contributed by atoms with Crippen LogP contribution in [0.25, 0.3) is 5.65 Å². The predicted molar refractivity (Wildman–Crippen MR) is 67.2 cm³/mol. The second-order valence-corrected chi connectivity index (χ2v) is 4.17. The minimum absolute atomic E-state index is 0.0263. The molecule has 0 saturated heterocycles. The van der Waals surface area contributed by atoms with Gasteiger partial charge >= 0.3 is 0 Å². The van der Waals surface area contributed by atoms with Crippen molar-refractivity contribution in [1.82, 2.24) is 14.7 Å². The molecule has 0 aliphatic heterocycles. The predicted octanol–water partition coefficient (Wildman–Crippen LogP) is 2.17. The van der Waals surface area contributed by atoms with Gasteiger partial charge < -0.3 is 9.72 Å². The number of carbonyl (C=O) groups excluding carboxylic acids is 1. The van der Waals surface area contributed by atoms with Gasteiger partial charge in [-0.05, 0) is 25.5 Å². The highest BCUT2D eigenvalue weighted by atomic mass is 16.1. The topological polar surface area (TPSA) is 46.4 Å². The largest absolute Gasteiger partial charge is 0.352 e. The molecule has 1 amide bonds. The summed E-state index contributed by atoms with van der Waals surface area (Å²) < 4.78 is 1.91. The molecule has 0 aliphatic rings. The number of carbonyl (C=O) groups is 1. The average molecular weight is 231 g/mol. The van der Waals surface area contributed by atoms with E-state index in [1.807, 2.05) is 35.9 Å². The summed E-state index contributed by atoms with van der Waals surface area (Å²) in [6.45, 7) is 4.77. The Morgan fingerprint density at radius 2 is 2.35 bits per heavy atom. The number of aryl methyl sites for hydroxylation is 1. The standard InChI is InChI=1S/C13H17N3O/c1-3-4-6-14-13(17)11-5-7-16-9-10(2)15-12(16)8-11/h5,7-9H,3-4,6H2,1-2H3,(H,14,17). The van der Waals surface area contributed by atoms with Crippen LogP contribution < -0.4 is 5.32 Å². The maximum atomic E-state index is 11.8. The molecule has 2 aromatic heterocycles. The minimum Gasteiger partial charge on any atom is -0.352 e. The second kappa shape index (κ2) is 4.99. The molecule has 0 bridgehead atoms. The Labute approximate surface area is 101 Å². The first-order valence-electron chi connectivity index (χ1n) is 5.94. The van der Waals surface area contributed by atoms with E-state index in [1.54, 1.807) is 0 Å². The summed E-state index contributed by atoms with van der Waals surface area (Å²) in [5.74, 6) is -0.0263. The zero-order chi connectivity index (χ0) is 12.3. The minimum atomic E-state index is -0.0263. The van der Waals surface area contributed by atoms with Crippen molar-refractivity contribution < 1.29 is 4.79 Å². The molecule has 0 saturated carbocycles. The molecular weight excluding hydrogens is 214 g/mol. The van der Waals surface area contributed by atoms with Crippen LogP contribution in [0.2, 0.25) is 0 Å². The first kappa shape index (κ1) is 11.6. The van der Waals surface area contributed by atoms with Crippen LogP contribution in [0.4, 0.5) is 0 Å². The molecule has 2 aromatic rings. The molecule has 0 unspecified atom stereocenters. The smallest absolute Gasteiger partial charge is 0.251 e. The highest BCUT2D eigenvalue weighted by Crippen LogP contribution is 2.07. The molecule has 0 radical (unpaired) electrons. The number of amides is 1. The van der Waals surface area contributed by atoms with Crippen molar-refractivity contribution in [3.05, 3.63) is 35.8 Å². The summed E-state index contributed by atoms with van der Waals surface area (Å²) in [6, 6.07) is 3.63. The summed E-state index contributed by atoms with van der Waals surface area (Å²) in [5.41, 5.74) is 2.43. The van der Waals surface area contributed by atoms with E-state index in [-0.39, 0.29) is 5.91 Å². The van der Waals surface area contributed by atoms with Gasteiger partial charge in [-0.1, -0.05) is 13.3 Å². The van der Waals surface area contributed by atoms with Gasteiger partial charge in [0.25, 0.3) is 5.91 Å². The van der Waals surface area contributed by atoms with Crippen molar-refractivity contribution in [2.75, 3.05) is 6.54 Å². The fraction of sp³-hybridized carbons (Fsp3) is 0.385. The van der Waals surface area contributed by atoms with Crippen LogP contribution in [0.1, 0.15) is 35.8 Å². The van der Waals surface area contributed by atoms with Gasteiger partial charge in [0.15, 0.2) is 0 Å². The lowest BCUT2D eigenvalue weighted by Gasteiger charge is -2.04. The molecule has 0 fully saturated rings. The Bertz CT molecular complexity index is 530. The molecule has 4 nitrogen and oxygen atoms in total. The quantitative estimate of drug-likeness (QED) is 0.820. The molecular formula is C13H17N3O. The van der Waals surface area contributed by atoms with Crippen LogP contribution in [-0.4, -0.2) is 21.8 Å². The van der Waals surface area contributed by atoms with Gasteiger partial charge in [-0.15, -0.1) is 0 Å². The Morgan fingerprint density at radius 1 is 1.53 bits per heavy atom. The van der Waals surface area contributed by atoms with Gasteiger partial charge in [-0.2, -0.15) is 0 Å². The zero-order valence-electron chi connectivity index (χ0n) is 10.2. The van der Waals surface area contributed by atoms with E-state index in [0.29, 0.717) is 5.56 Å². The number of pyridine rings is 1. The molecule has 2 heterocycles. The summed E-state index contributed by atoms with van der Waals surface area (Å²) in [7, 11) is 0. The first-order valence-corrected chi connectivity index (χ1v) is 5.94. The normalized spacial score (nSPS) is 10.7. The fourth-order valence-electron chi connectivity index (χ4n) is 1.73. The van der Waals surface area contributed by atoms with E-state index < -0.39 is 0 Å². The van der Waals surface area contributed by atoms with Crippen molar-refractivity contribution in [1.29, 1.82) is 0 Å². The molecule has 0 atom stereocenters. The molecule has 4 heteroatoms. The van der Waals surface area contributed by atoms with Gasteiger partial charge in [-0.3, -0.25) is 4.79 Å². The number of nitrogens with one attached hydrogen (secondary N) is 1. The van der Waals surface area contributed by atoms with Crippen molar-refractivity contribution in [3.8, 4) is 0 Å². The summed E-state index contributed by atoms with van der Waals surface area (Å²) in [5, 5.41) is 2.90. The van der Waals surface area contributed by atoms with Gasteiger partial charge in [0, 0.05) is 24.5 Å². The van der Waals surface area contributed by atoms with Crippen molar-refractivity contribution in [2.45, 2.75) is 26.7 Å². The van der Waals surface area contributed by atoms with Crippen LogP contribution in [0.15, 0.2) is 24.5 Å². The third-order valence-electron chi connectivity index (χ3n) is 2.66. The van der Waals surface area contributed by atoms with Crippen LogP contribution in [0, 0.1) is 6.92 Å². The Balaban J connectivity index is 2.15. The van der Waals surface area contributed by atoms with E-state index in [0.717, 1.165) is 30.7 Å². The fourth-order valence-corrected chi connectivity index (χ4v) is 1.73. The van der Waals surface area contributed by atoms with Gasteiger partial charge in [0.05, 0.1) is 5.69 Å². The van der Waals surface area contributed by atoms with Crippen LogP contribution in [0.5, 0.6) is 0 Å². The van der Waals surface area contributed by atoms with E-state index in [9.17, 15) is 4.79 Å². The lowest BCUT2D eigenvalue weighted by molar-refractivity contribution is 0.0953. The first-order chi connectivity index (χ1) is 8.20. The van der Waals surface area contributed by atoms with Crippen LogP contribution in [0.3, 0.4) is 0 Å². The van der Waals surface area contributed by atoms with E-state index >= 15 is 0 Å². The molecule has 2 rings (SSSR count). The highest BCUT2D eigenvalue weighted by Gasteiger charge is 2.06. The number of imidazole rings is 1. The number of unbranched alkanes of at least 4 members (excludes halogenated alkanes) is 1. The number of rotatable bonds is 4. The molecule has 0 spiro atoms. The third-order valence-corrected chi connectivity index (χ3v) is 2.66. The molecule has 1 N–H and O–H groups in total. The molecule has 0 aliphatic carbocycles. The summed E-state index contributed by atoms with van der Waals surface area (Å²) in [6.07, 6.45) is 5.90. The lowest BCUT2D eigenvalue weighted by Crippen LogP contribution is -2.24. The summed E-state index contributed by atoms with van der Waals surface area (Å²) in [4.78, 5) is 16.2. The lowest BCUT2D eigenvalue weighted by atomic mass is 10.2. The number of hydrogen-bond acceptors (Lipinski definition) is 2. The Kier molecular flexibility index (Phi) is 3.42. The average Bonchev–Trinajstić information content (AvgIpc) is 2.68. The van der Waals surface area contributed by atoms with Crippen molar-refractivity contribution in [2.24, 2.45) is 0 Å².